The molecular weight excluding hydrogens is 298 g/mol. The van der Waals surface area contributed by atoms with E-state index < -0.39 is 0 Å². The van der Waals surface area contributed by atoms with Gasteiger partial charge in [0.25, 0.3) is 5.91 Å². The third-order valence-electron chi connectivity index (χ3n) is 3.36. The quantitative estimate of drug-likeness (QED) is 0.832. The second-order valence-electron chi connectivity index (χ2n) is 5.71. The molecule has 0 radical (unpaired) electrons. The standard InChI is InChI=1S/C16H23N3O2S/c1-12(2)11-17-16(22)18-14-5-3-13(4-6-14)15(20)19-7-9-21-10-8-19/h3-6,12H,7-11H2,1-2H3,(H2,17,18,22). The number of benzene rings is 1. The van der Waals surface area contributed by atoms with Gasteiger partial charge in [-0.15, -0.1) is 0 Å². The van der Waals surface area contributed by atoms with E-state index in [0.29, 0.717) is 42.9 Å². The van der Waals surface area contributed by atoms with Crippen molar-refractivity contribution in [2.75, 3.05) is 38.2 Å². The van der Waals surface area contributed by atoms with Crippen LogP contribution in [0.25, 0.3) is 0 Å². The number of carbonyl (C=O) groups is 1. The van der Waals surface area contributed by atoms with Crippen LogP contribution in [0.1, 0.15) is 24.2 Å². The van der Waals surface area contributed by atoms with Gasteiger partial charge in [-0.3, -0.25) is 4.79 Å². The number of rotatable bonds is 4. The van der Waals surface area contributed by atoms with E-state index in [1.165, 1.54) is 0 Å². The monoisotopic (exact) mass is 321 g/mol. The van der Waals surface area contributed by atoms with E-state index in [9.17, 15) is 4.79 Å². The first-order valence-corrected chi connectivity index (χ1v) is 7.99. The van der Waals surface area contributed by atoms with Crippen LogP contribution in [0.2, 0.25) is 0 Å². The molecular formula is C16H23N3O2S. The smallest absolute Gasteiger partial charge is 0.254 e. The first kappa shape index (κ1) is 16.7. The Bertz CT molecular complexity index is 511. The molecule has 0 aromatic heterocycles. The van der Waals surface area contributed by atoms with Crippen molar-refractivity contribution in [2.45, 2.75) is 13.8 Å². The highest BCUT2D eigenvalue weighted by Gasteiger charge is 2.18. The number of amides is 1. The Hall–Kier alpha value is -1.66. The summed E-state index contributed by atoms with van der Waals surface area (Å²) >= 11 is 5.23. The average molecular weight is 321 g/mol. The average Bonchev–Trinajstić information content (AvgIpc) is 2.54. The van der Waals surface area contributed by atoms with Crippen molar-refractivity contribution in [3.05, 3.63) is 29.8 Å². The number of morpholine rings is 1. The summed E-state index contributed by atoms with van der Waals surface area (Å²) in [6, 6.07) is 7.39. The fourth-order valence-electron chi connectivity index (χ4n) is 2.12. The first-order valence-electron chi connectivity index (χ1n) is 7.58. The van der Waals surface area contributed by atoms with E-state index in [2.05, 4.69) is 24.5 Å². The Balaban J connectivity index is 1.89. The van der Waals surface area contributed by atoms with E-state index in [1.807, 2.05) is 29.2 Å². The van der Waals surface area contributed by atoms with Crippen molar-refractivity contribution in [3.8, 4) is 0 Å². The molecule has 1 amide bonds. The lowest BCUT2D eigenvalue weighted by molar-refractivity contribution is 0.0303. The summed E-state index contributed by atoms with van der Waals surface area (Å²) in [5, 5.41) is 6.87. The molecule has 1 aliphatic heterocycles. The molecule has 6 heteroatoms. The number of carbonyl (C=O) groups excluding carboxylic acids is 1. The maximum Gasteiger partial charge on any atom is 0.254 e. The number of hydrogen-bond acceptors (Lipinski definition) is 3. The van der Waals surface area contributed by atoms with Gasteiger partial charge in [0.1, 0.15) is 0 Å². The predicted molar refractivity (Wildman–Crippen MR) is 92.2 cm³/mol. The van der Waals surface area contributed by atoms with E-state index >= 15 is 0 Å². The van der Waals surface area contributed by atoms with Crippen molar-refractivity contribution in [1.82, 2.24) is 10.2 Å². The lowest BCUT2D eigenvalue weighted by Crippen LogP contribution is -2.40. The maximum atomic E-state index is 12.3. The van der Waals surface area contributed by atoms with Crippen LogP contribution >= 0.6 is 12.2 Å². The minimum atomic E-state index is 0.0513. The summed E-state index contributed by atoms with van der Waals surface area (Å²) < 4.78 is 5.26. The molecule has 0 unspecified atom stereocenters. The number of ether oxygens (including phenoxy) is 1. The van der Waals surface area contributed by atoms with Gasteiger partial charge in [-0.2, -0.15) is 0 Å². The number of nitrogens with zero attached hydrogens (tertiary/aromatic N) is 1. The highest BCUT2D eigenvalue weighted by atomic mass is 32.1. The third kappa shape index (κ3) is 4.96. The number of anilines is 1. The Labute approximate surface area is 137 Å². The van der Waals surface area contributed by atoms with Crippen LogP contribution in [0.3, 0.4) is 0 Å². The highest BCUT2D eigenvalue weighted by molar-refractivity contribution is 7.80. The zero-order valence-corrected chi connectivity index (χ0v) is 13.9. The van der Waals surface area contributed by atoms with Crippen LogP contribution in [0, 0.1) is 5.92 Å². The zero-order valence-electron chi connectivity index (χ0n) is 13.1. The second kappa shape index (κ2) is 8.10. The molecule has 1 aliphatic rings. The van der Waals surface area contributed by atoms with Crippen LogP contribution in [-0.4, -0.2) is 48.8 Å². The van der Waals surface area contributed by atoms with Gasteiger partial charge >= 0.3 is 0 Å². The molecule has 2 rings (SSSR count). The van der Waals surface area contributed by atoms with E-state index in [-0.39, 0.29) is 5.91 Å². The first-order chi connectivity index (χ1) is 10.6. The van der Waals surface area contributed by atoms with Gasteiger partial charge in [0.15, 0.2) is 5.11 Å². The predicted octanol–water partition coefficient (Wildman–Crippen LogP) is 2.10. The minimum absolute atomic E-state index is 0.0513. The van der Waals surface area contributed by atoms with Gasteiger partial charge in [-0.25, -0.2) is 0 Å². The summed E-state index contributed by atoms with van der Waals surface area (Å²) in [6.07, 6.45) is 0. The molecule has 5 nitrogen and oxygen atoms in total. The van der Waals surface area contributed by atoms with Gasteiger partial charge in [-0.05, 0) is 42.4 Å². The number of thiocarbonyl (C=S) groups is 1. The Morgan fingerprint density at radius 1 is 1.27 bits per heavy atom. The minimum Gasteiger partial charge on any atom is -0.378 e. The Morgan fingerprint density at radius 2 is 1.91 bits per heavy atom. The van der Waals surface area contributed by atoms with Gasteiger partial charge < -0.3 is 20.3 Å². The van der Waals surface area contributed by atoms with Crippen molar-refractivity contribution >= 4 is 28.9 Å². The Kier molecular flexibility index (Phi) is 6.15. The topological polar surface area (TPSA) is 53.6 Å². The maximum absolute atomic E-state index is 12.3. The summed E-state index contributed by atoms with van der Waals surface area (Å²) in [4.78, 5) is 14.1. The zero-order chi connectivity index (χ0) is 15.9. The van der Waals surface area contributed by atoms with Crippen molar-refractivity contribution in [3.63, 3.8) is 0 Å². The molecule has 0 bridgehead atoms. The van der Waals surface area contributed by atoms with Crippen LogP contribution in [-0.2, 0) is 4.74 Å². The summed E-state index contributed by atoms with van der Waals surface area (Å²) in [5.74, 6) is 0.587. The van der Waals surface area contributed by atoms with Crippen molar-refractivity contribution in [2.24, 2.45) is 5.92 Å². The molecule has 2 N–H and O–H groups in total. The molecule has 0 saturated carbocycles. The molecule has 1 fully saturated rings. The van der Waals surface area contributed by atoms with E-state index in [0.717, 1.165) is 12.2 Å². The van der Waals surface area contributed by atoms with E-state index in [4.69, 9.17) is 17.0 Å². The lowest BCUT2D eigenvalue weighted by atomic mass is 10.1. The summed E-state index contributed by atoms with van der Waals surface area (Å²) in [5.41, 5.74) is 1.56. The van der Waals surface area contributed by atoms with Gasteiger partial charge in [0.05, 0.1) is 13.2 Å². The molecule has 1 aromatic carbocycles. The van der Waals surface area contributed by atoms with Crippen LogP contribution in [0.4, 0.5) is 5.69 Å². The van der Waals surface area contributed by atoms with Crippen LogP contribution < -0.4 is 10.6 Å². The molecule has 22 heavy (non-hydrogen) atoms. The number of hydrogen-bond donors (Lipinski definition) is 2. The van der Waals surface area contributed by atoms with E-state index in [1.54, 1.807) is 0 Å². The summed E-state index contributed by atoms with van der Waals surface area (Å²) in [6.45, 7) is 7.62. The molecule has 0 aliphatic carbocycles. The largest absolute Gasteiger partial charge is 0.378 e. The van der Waals surface area contributed by atoms with Crippen molar-refractivity contribution < 1.29 is 9.53 Å². The van der Waals surface area contributed by atoms with Crippen molar-refractivity contribution in [1.29, 1.82) is 0 Å². The fourth-order valence-corrected chi connectivity index (χ4v) is 2.32. The summed E-state index contributed by atoms with van der Waals surface area (Å²) in [7, 11) is 0. The second-order valence-corrected chi connectivity index (χ2v) is 6.12. The lowest BCUT2D eigenvalue weighted by Gasteiger charge is -2.26. The molecule has 0 atom stereocenters. The normalized spacial score (nSPS) is 14.8. The molecule has 0 spiro atoms. The van der Waals surface area contributed by atoms with Gasteiger partial charge in [-0.1, -0.05) is 13.8 Å². The molecule has 120 valence electrons. The van der Waals surface area contributed by atoms with Gasteiger partial charge in [0, 0.05) is 30.9 Å². The molecule has 1 heterocycles. The number of nitrogens with one attached hydrogen (secondary N) is 2. The fraction of sp³-hybridized carbons (Fsp3) is 0.500. The highest BCUT2D eigenvalue weighted by Crippen LogP contribution is 2.12. The molecule has 1 aromatic rings. The van der Waals surface area contributed by atoms with Crippen LogP contribution in [0.15, 0.2) is 24.3 Å². The Morgan fingerprint density at radius 3 is 2.50 bits per heavy atom. The van der Waals surface area contributed by atoms with Gasteiger partial charge in [0.2, 0.25) is 0 Å². The van der Waals surface area contributed by atoms with Crippen LogP contribution in [0.5, 0.6) is 0 Å². The third-order valence-corrected chi connectivity index (χ3v) is 3.61. The SMILES string of the molecule is CC(C)CNC(=S)Nc1ccc(C(=O)N2CCOCC2)cc1. The molecule has 1 saturated heterocycles.